The molecule has 0 saturated heterocycles. The van der Waals surface area contributed by atoms with Gasteiger partial charge in [-0.1, -0.05) is 36.8 Å². The zero-order chi connectivity index (χ0) is 23.2. The molecule has 2 aliphatic heterocycles. The van der Waals surface area contributed by atoms with Crippen LogP contribution in [0.2, 0.25) is 0 Å². The molecule has 2 heterocycles. The zero-order valence-electron chi connectivity index (χ0n) is 19.7. The van der Waals surface area contributed by atoms with Crippen molar-refractivity contribution in [1.29, 1.82) is 0 Å². The number of hydrogen-bond acceptors (Lipinski definition) is 3. The monoisotopic (exact) mass is 444 g/mol. The second kappa shape index (κ2) is 10.8. The zero-order valence-corrected chi connectivity index (χ0v) is 19.7. The van der Waals surface area contributed by atoms with E-state index in [0.717, 1.165) is 56.5 Å². The van der Waals surface area contributed by atoms with Crippen molar-refractivity contribution < 1.29 is 9.18 Å². The predicted octanol–water partition coefficient (Wildman–Crippen LogP) is 7.12. The van der Waals surface area contributed by atoms with E-state index >= 15 is 0 Å². The number of halogens is 1. The van der Waals surface area contributed by atoms with E-state index in [2.05, 4.69) is 49.2 Å². The van der Waals surface area contributed by atoms with Crippen LogP contribution in [0.3, 0.4) is 0 Å². The van der Waals surface area contributed by atoms with Gasteiger partial charge in [0.05, 0.1) is 0 Å². The lowest BCUT2D eigenvalue weighted by atomic mass is 9.85. The van der Waals surface area contributed by atoms with Gasteiger partial charge in [0.25, 0.3) is 0 Å². The van der Waals surface area contributed by atoms with E-state index in [4.69, 9.17) is 4.99 Å². The molecular weight excluding hydrogens is 411 g/mol. The highest BCUT2D eigenvalue weighted by Gasteiger charge is 2.26. The average Bonchev–Trinajstić information content (AvgIpc) is 3.03. The number of benzene rings is 2. The summed E-state index contributed by atoms with van der Waals surface area (Å²) >= 11 is 0. The van der Waals surface area contributed by atoms with E-state index in [1.54, 1.807) is 12.1 Å². The standard InChI is InChI=1S/C29H33FN2O/c1-20-12-17-28(29(33)23-13-15-24(30)16-14-23)32-27(26-10-4-3-9-25(20)26)11-5-7-22-8-6-18-31-21(2)19-22/h3-4,9-10,13-16,19-20,28H,5-8,11-12,17-18H2,1-2H3. The Morgan fingerprint density at radius 1 is 1.06 bits per heavy atom. The Labute approximate surface area is 196 Å². The maximum absolute atomic E-state index is 13.4. The molecule has 0 bridgehead atoms. The van der Waals surface area contributed by atoms with Crippen molar-refractivity contribution in [1.82, 2.24) is 0 Å². The summed E-state index contributed by atoms with van der Waals surface area (Å²) in [5, 5.41) is 0. The van der Waals surface area contributed by atoms with Gasteiger partial charge in [0, 0.05) is 23.5 Å². The maximum Gasteiger partial charge on any atom is 0.187 e. The summed E-state index contributed by atoms with van der Waals surface area (Å²) in [6, 6.07) is 13.9. The lowest BCUT2D eigenvalue weighted by molar-refractivity contribution is 0.0956. The largest absolute Gasteiger partial charge is 0.292 e. The highest BCUT2D eigenvalue weighted by Crippen LogP contribution is 2.31. The topological polar surface area (TPSA) is 41.8 Å². The van der Waals surface area contributed by atoms with E-state index in [0.29, 0.717) is 17.9 Å². The molecule has 4 rings (SSSR count). The van der Waals surface area contributed by atoms with Crippen LogP contribution in [0, 0.1) is 5.82 Å². The van der Waals surface area contributed by atoms with E-state index < -0.39 is 6.04 Å². The summed E-state index contributed by atoms with van der Waals surface area (Å²) in [6.45, 7) is 5.23. The van der Waals surface area contributed by atoms with Gasteiger partial charge < -0.3 is 0 Å². The molecule has 3 nitrogen and oxygen atoms in total. The van der Waals surface area contributed by atoms with Crippen molar-refractivity contribution >= 4 is 17.2 Å². The molecule has 0 radical (unpaired) electrons. The number of ketones is 1. The first kappa shape index (κ1) is 23.3. The smallest absolute Gasteiger partial charge is 0.187 e. The number of rotatable bonds is 6. The Morgan fingerprint density at radius 2 is 1.85 bits per heavy atom. The minimum Gasteiger partial charge on any atom is -0.292 e. The summed E-state index contributed by atoms with van der Waals surface area (Å²) in [7, 11) is 0. The predicted molar refractivity (Wildman–Crippen MR) is 134 cm³/mol. The number of nitrogens with zero attached hydrogens (tertiary/aromatic N) is 2. The van der Waals surface area contributed by atoms with Crippen molar-refractivity contribution in [3.05, 3.63) is 82.7 Å². The molecule has 2 aromatic carbocycles. The van der Waals surface area contributed by atoms with Gasteiger partial charge in [-0.05, 0) is 99.3 Å². The SMILES string of the molecule is CC1=NCCCC(CCCC2=NC(C(=O)c3ccc(F)cc3)CCC(C)c3ccccc32)=C1. The maximum atomic E-state index is 13.4. The highest BCUT2D eigenvalue weighted by molar-refractivity contribution is 6.06. The molecule has 2 unspecified atom stereocenters. The third-order valence-electron chi connectivity index (χ3n) is 6.76. The molecule has 33 heavy (non-hydrogen) atoms. The summed E-state index contributed by atoms with van der Waals surface area (Å²) in [6.07, 6.45) is 8.92. The molecule has 0 fully saturated rings. The molecule has 0 amide bonds. The molecule has 2 aliphatic rings. The summed E-state index contributed by atoms with van der Waals surface area (Å²) < 4.78 is 13.4. The lowest BCUT2D eigenvalue weighted by Gasteiger charge is -2.24. The van der Waals surface area contributed by atoms with Gasteiger partial charge in [0.15, 0.2) is 5.78 Å². The van der Waals surface area contributed by atoms with Crippen LogP contribution in [-0.4, -0.2) is 29.8 Å². The highest BCUT2D eigenvalue weighted by atomic mass is 19.1. The van der Waals surface area contributed by atoms with Crippen LogP contribution >= 0.6 is 0 Å². The van der Waals surface area contributed by atoms with Gasteiger partial charge in [-0.3, -0.25) is 14.8 Å². The number of carbonyl (C=O) groups excluding carboxylic acids is 1. The van der Waals surface area contributed by atoms with Crippen LogP contribution < -0.4 is 0 Å². The third-order valence-corrected chi connectivity index (χ3v) is 6.76. The Hall–Kier alpha value is -2.88. The van der Waals surface area contributed by atoms with Crippen molar-refractivity contribution in [3.63, 3.8) is 0 Å². The van der Waals surface area contributed by atoms with Crippen LogP contribution in [0.15, 0.2) is 70.2 Å². The van der Waals surface area contributed by atoms with Gasteiger partial charge in [-0.15, -0.1) is 0 Å². The molecule has 0 aliphatic carbocycles. The number of fused-ring (bicyclic) bond motifs is 1. The number of Topliss-reactive ketones (excluding diaryl/α,β-unsaturated/α-hetero) is 1. The molecule has 172 valence electrons. The second-order valence-electron chi connectivity index (χ2n) is 9.31. The molecule has 0 aromatic heterocycles. The van der Waals surface area contributed by atoms with Crippen molar-refractivity contribution in [2.45, 2.75) is 70.8 Å². The Balaban J connectivity index is 1.59. The van der Waals surface area contributed by atoms with Crippen LogP contribution in [0.25, 0.3) is 0 Å². The fourth-order valence-corrected chi connectivity index (χ4v) is 4.93. The van der Waals surface area contributed by atoms with Crippen molar-refractivity contribution in [2.75, 3.05) is 6.54 Å². The molecular formula is C29H33FN2O. The van der Waals surface area contributed by atoms with Crippen LogP contribution in [0.4, 0.5) is 4.39 Å². The third kappa shape index (κ3) is 5.93. The van der Waals surface area contributed by atoms with E-state index in [1.165, 1.54) is 28.8 Å². The van der Waals surface area contributed by atoms with Gasteiger partial charge in [0.1, 0.15) is 11.9 Å². The first-order chi connectivity index (χ1) is 16.0. The van der Waals surface area contributed by atoms with E-state index in [-0.39, 0.29) is 11.6 Å². The Kier molecular flexibility index (Phi) is 7.64. The summed E-state index contributed by atoms with van der Waals surface area (Å²) in [4.78, 5) is 22.9. The molecule has 4 heteroatoms. The molecule has 0 spiro atoms. The van der Waals surface area contributed by atoms with Crippen LogP contribution in [0.1, 0.15) is 86.2 Å². The van der Waals surface area contributed by atoms with Gasteiger partial charge >= 0.3 is 0 Å². The minimum atomic E-state index is -0.423. The molecule has 2 atom stereocenters. The number of allylic oxidation sites excluding steroid dienone is 2. The fraction of sp³-hybridized carbons (Fsp3) is 0.414. The average molecular weight is 445 g/mol. The van der Waals surface area contributed by atoms with Gasteiger partial charge in [-0.25, -0.2) is 4.39 Å². The first-order valence-electron chi connectivity index (χ1n) is 12.2. The number of carbonyl (C=O) groups is 1. The van der Waals surface area contributed by atoms with E-state index in [9.17, 15) is 9.18 Å². The molecule has 0 N–H and O–H groups in total. The molecule has 0 saturated carbocycles. The van der Waals surface area contributed by atoms with E-state index in [1.807, 2.05) is 0 Å². The normalized spacial score (nSPS) is 21.0. The Bertz CT molecular complexity index is 1080. The van der Waals surface area contributed by atoms with Gasteiger partial charge in [0.2, 0.25) is 0 Å². The minimum absolute atomic E-state index is 0.0163. The number of hydrogen-bond donors (Lipinski definition) is 0. The summed E-state index contributed by atoms with van der Waals surface area (Å²) in [5.41, 5.74) is 6.63. The van der Waals surface area contributed by atoms with Gasteiger partial charge in [-0.2, -0.15) is 0 Å². The van der Waals surface area contributed by atoms with Crippen molar-refractivity contribution in [2.24, 2.45) is 9.98 Å². The van der Waals surface area contributed by atoms with Crippen LogP contribution in [0.5, 0.6) is 0 Å². The lowest BCUT2D eigenvalue weighted by Crippen LogP contribution is -2.24. The van der Waals surface area contributed by atoms with Crippen molar-refractivity contribution in [3.8, 4) is 0 Å². The Morgan fingerprint density at radius 3 is 2.67 bits per heavy atom. The second-order valence-corrected chi connectivity index (χ2v) is 9.31. The quantitative estimate of drug-likeness (QED) is 0.438. The fourth-order valence-electron chi connectivity index (χ4n) is 4.93. The number of aliphatic imine (C=N–C) groups is 2. The van der Waals surface area contributed by atoms with Crippen LogP contribution in [-0.2, 0) is 0 Å². The molecule has 2 aromatic rings. The summed E-state index contributed by atoms with van der Waals surface area (Å²) in [5.74, 6) is 0.0140. The first-order valence-corrected chi connectivity index (χ1v) is 12.2.